The molecule has 0 aromatic carbocycles. The number of nitrogens with one attached hydrogen (secondary N) is 1. The van der Waals surface area contributed by atoms with Crippen LogP contribution in [0.4, 0.5) is 0 Å². The van der Waals surface area contributed by atoms with Gasteiger partial charge in [0.15, 0.2) is 5.43 Å². The van der Waals surface area contributed by atoms with Gasteiger partial charge in [0.1, 0.15) is 10.6 Å². The van der Waals surface area contributed by atoms with E-state index in [2.05, 4.69) is 19.9 Å². The molecule has 1 saturated carbocycles. The topological polar surface area (TPSA) is 76.9 Å². The first-order chi connectivity index (χ1) is 14.6. The summed E-state index contributed by atoms with van der Waals surface area (Å²) >= 11 is 1.49. The van der Waals surface area contributed by atoms with Gasteiger partial charge in [-0.15, -0.1) is 11.3 Å². The van der Waals surface area contributed by atoms with Gasteiger partial charge in [-0.1, -0.05) is 31.7 Å². The lowest BCUT2D eigenvalue weighted by Crippen LogP contribution is -2.33. The van der Waals surface area contributed by atoms with E-state index in [1.54, 1.807) is 18.5 Å². The fourth-order valence-electron chi connectivity index (χ4n) is 4.25. The van der Waals surface area contributed by atoms with Crippen molar-refractivity contribution >= 4 is 17.2 Å². The molecule has 3 heterocycles. The van der Waals surface area contributed by atoms with Crippen molar-refractivity contribution in [1.82, 2.24) is 19.9 Å². The summed E-state index contributed by atoms with van der Waals surface area (Å²) in [6.07, 6.45) is 10.8. The lowest BCUT2D eigenvalue weighted by Gasteiger charge is -2.22. The van der Waals surface area contributed by atoms with Crippen molar-refractivity contribution in [2.45, 2.75) is 52.1 Å². The van der Waals surface area contributed by atoms with Crippen LogP contribution in [0.3, 0.4) is 0 Å². The third-order valence-electron chi connectivity index (χ3n) is 5.76. The maximum Gasteiger partial charge on any atom is 0.257 e. The van der Waals surface area contributed by atoms with E-state index in [-0.39, 0.29) is 16.9 Å². The first-order valence-corrected chi connectivity index (χ1v) is 11.3. The van der Waals surface area contributed by atoms with E-state index in [1.165, 1.54) is 24.2 Å². The second-order valence-electron chi connectivity index (χ2n) is 7.88. The lowest BCUT2D eigenvalue weighted by molar-refractivity contribution is 0.0947. The van der Waals surface area contributed by atoms with Crippen molar-refractivity contribution in [3.8, 4) is 0 Å². The minimum atomic E-state index is -0.317. The van der Waals surface area contributed by atoms with Gasteiger partial charge in [0, 0.05) is 48.0 Å². The van der Waals surface area contributed by atoms with E-state index in [1.807, 2.05) is 30.6 Å². The van der Waals surface area contributed by atoms with Gasteiger partial charge in [-0.3, -0.25) is 14.6 Å². The second kappa shape index (κ2) is 9.34. The van der Waals surface area contributed by atoms with E-state index in [4.69, 9.17) is 0 Å². The van der Waals surface area contributed by atoms with Crippen LogP contribution in [-0.4, -0.2) is 20.4 Å². The fraction of sp³-hybridized carbons (Fsp3) is 0.391. The number of rotatable bonds is 7. The van der Waals surface area contributed by atoms with E-state index in [9.17, 15) is 9.59 Å². The maximum atomic E-state index is 13.1. The molecule has 0 saturated heterocycles. The van der Waals surface area contributed by atoms with Crippen LogP contribution in [-0.2, 0) is 19.5 Å². The number of carbonyl (C=O) groups is 1. The average Bonchev–Trinajstić information content (AvgIpc) is 3.44. The summed E-state index contributed by atoms with van der Waals surface area (Å²) in [6.45, 7) is 2.86. The SMILES string of the molecule is Cc1cc(=O)c(C(=O)NCc2nccs2)c(CC2CCCC2)n1Cc1cccnc1. The summed E-state index contributed by atoms with van der Waals surface area (Å²) < 4.78 is 2.12. The Morgan fingerprint density at radius 2 is 2.13 bits per heavy atom. The molecule has 4 rings (SSSR count). The largest absolute Gasteiger partial charge is 0.345 e. The number of hydrogen-bond donors (Lipinski definition) is 1. The Morgan fingerprint density at radius 1 is 1.30 bits per heavy atom. The number of amides is 1. The number of pyridine rings is 2. The quantitative estimate of drug-likeness (QED) is 0.630. The highest BCUT2D eigenvalue weighted by molar-refractivity contribution is 7.09. The first-order valence-electron chi connectivity index (χ1n) is 10.4. The predicted molar refractivity (Wildman–Crippen MR) is 118 cm³/mol. The van der Waals surface area contributed by atoms with Crippen LogP contribution in [0.5, 0.6) is 0 Å². The molecule has 0 aliphatic heterocycles. The van der Waals surface area contributed by atoms with Crippen LogP contribution in [0.1, 0.15) is 58.0 Å². The van der Waals surface area contributed by atoms with Gasteiger partial charge >= 0.3 is 0 Å². The molecular weight excluding hydrogens is 396 g/mol. The maximum absolute atomic E-state index is 13.1. The van der Waals surface area contributed by atoms with E-state index < -0.39 is 0 Å². The summed E-state index contributed by atoms with van der Waals surface area (Å²) in [4.78, 5) is 34.5. The summed E-state index contributed by atoms with van der Waals surface area (Å²) in [5.74, 6) is 0.194. The van der Waals surface area contributed by atoms with Crippen LogP contribution in [0.25, 0.3) is 0 Å². The van der Waals surface area contributed by atoms with Crippen LogP contribution >= 0.6 is 11.3 Å². The molecule has 0 unspecified atom stereocenters. The molecule has 6 nitrogen and oxygen atoms in total. The number of aromatic nitrogens is 3. The highest BCUT2D eigenvalue weighted by Gasteiger charge is 2.25. The Morgan fingerprint density at radius 3 is 2.83 bits per heavy atom. The zero-order valence-corrected chi connectivity index (χ0v) is 18.0. The molecule has 0 atom stereocenters. The zero-order valence-electron chi connectivity index (χ0n) is 17.1. The average molecular weight is 423 g/mol. The Labute approximate surface area is 180 Å². The van der Waals surface area contributed by atoms with Gasteiger partial charge in [0.05, 0.1) is 6.54 Å². The van der Waals surface area contributed by atoms with Gasteiger partial charge < -0.3 is 9.88 Å². The van der Waals surface area contributed by atoms with Crippen molar-refractivity contribution in [1.29, 1.82) is 0 Å². The van der Waals surface area contributed by atoms with Gasteiger partial charge in [0.25, 0.3) is 5.91 Å². The molecule has 156 valence electrons. The molecule has 1 N–H and O–H groups in total. The standard InChI is InChI=1S/C23H26N4O2S/c1-16-11-20(28)22(23(29)26-14-21-25-9-10-30-21)19(12-17-5-2-3-6-17)27(16)15-18-7-4-8-24-13-18/h4,7-11,13,17H,2-3,5-6,12,14-15H2,1H3,(H,26,29). The monoisotopic (exact) mass is 422 g/mol. The van der Waals surface area contributed by atoms with Crippen molar-refractivity contribution in [2.24, 2.45) is 5.92 Å². The van der Waals surface area contributed by atoms with E-state index >= 15 is 0 Å². The lowest BCUT2D eigenvalue weighted by atomic mass is 9.96. The molecule has 3 aromatic heterocycles. The Kier molecular flexibility index (Phi) is 6.38. The van der Waals surface area contributed by atoms with Crippen LogP contribution < -0.4 is 10.7 Å². The fourth-order valence-corrected chi connectivity index (χ4v) is 4.81. The van der Waals surface area contributed by atoms with Crippen LogP contribution in [0.15, 0.2) is 47.0 Å². The predicted octanol–water partition coefficient (Wildman–Crippen LogP) is 3.72. The van der Waals surface area contributed by atoms with Crippen molar-refractivity contribution < 1.29 is 4.79 Å². The summed E-state index contributed by atoms with van der Waals surface area (Å²) in [5, 5.41) is 5.60. The molecule has 1 fully saturated rings. The van der Waals surface area contributed by atoms with Gasteiger partial charge in [0.2, 0.25) is 0 Å². The van der Waals surface area contributed by atoms with Crippen LogP contribution in [0.2, 0.25) is 0 Å². The number of hydrogen-bond acceptors (Lipinski definition) is 5. The van der Waals surface area contributed by atoms with Crippen LogP contribution in [0, 0.1) is 12.8 Å². The Hall–Kier alpha value is -2.80. The normalized spacial score (nSPS) is 14.2. The van der Waals surface area contributed by atoms with Crippen molar-refractivity contribution in [3.63, 3.8) is 0 Å². The summed E-state index contributed by atoms with van der Waals surface area (Å²) in [6, 6.07) is 5.50. The van der Waals surface area contributed by atoms with Gasteiger partial charge in [-0.05, 0) is 30.9 Å². The van der Waals surface area contributed by atoms with Gasteiger partial charge in [-0.25, -0.2) is 4.98 Å². The number of aryl methyl sites for hydroxylation is 1. The molecule has 0 spiro atoms. The molecular formula is C23H26N4O2S. The zero-order chi connectivity index (χ0) is 20.9. The van der Waals surface area contributed by atoms with Crippen molar-refractivity contribution in [2.75, 3.05) is 0 Å². The number of thiazole rings is 1. The number of carbonyl (C=O) groups excluding carboxylic acids is 1. The summed E-state index contributed by atoms with van der Waals surface area (Å²) in [7, 11) is 0. The molecule has 1 amide bonds. The molecule has 1 aliphatic carbocycles. The van der Waals surface area contributed by atoms with Crippen molar-refractivity contribution in [3.05, 3.63) is 79.9 Å². The molecule has 0 radical (unpaired) electrons. The third-order valence-corrected chi connectivity index (χ3v) is 6.54. The Bertz CT molecular complexity index is 1050. The highest BCUT2D eigenvalue weighted by Crippen LogP contribution is 2.29. The number of nitrogens with zero attached hydrogens (tertiary/aromatic N) is 3. The summed E-state index contributed by atoms with van der Waals surface area (Å²) in [5.41, 5.74) is 2.82. The molecule has 7 heteroatoms. The first kappa shape index (κ1) is 20.5. The third kappa shape index (κ3) is 4.67. The Balaban J connectivity index is 1.71. The molecule has 3 aromatic rings. The second-order valence-corrected chi connectivity index (χ2v) is 8.86. The minimum absolute atomic E-state index is 0.209. The van der Waals surface area contributed by atoms with E-state index in [0.717, 1.165) is 41.2 Å². The van der Waals surface area contributed by atoms with Gasteiger partial charge in [-0.2, -0.15) is 0 Å². The minimum Gasteiger partial charge on any atom is -0.345 e. The smallest absolute Gasteiger partial charge is 0.257 e. The van der Waals surface area contributed by atoms with E-state index in [0.29, 0.717) is 19.0 Å². The molecule has 30 heavy (non-hydrogen) atoms. The molecule has 1 aliphatic rings. The highest BCUT2D eigenvalue weighted by atomic mass is 32.1. The molecule has 0 bridgehead atoms.